The SMILES string of the molecule is CC(C)(C)OC(=O)CC1(C(=O)NCc2nc(-c3ccccc3OCCN=[N+]=[N-])cs2)Cc2ccccc2C1. The highest BCUT2D eigenvalue weighted by Gasteiger charge is 2.46. The van der Waals surface area contributed by atoms with Gasteiger partial charge in [-0.3, -0.25) is 9.59 Å². The molecule has 0 saturated carbocycles. The van der Waals surface area contributed by atoms with E-state index in [0.29, 0.717) is 18.6 Å². The van der Waals surface area contributed by atoms with Gasteiger partial charge in [-0.25, -0.2) is 4.98 Å². The van der Waals surface area contributed by atoms with Crippen LogP contribution in [0.4, 0.5) is 0 Å². The van der Waals surface area contributed by atoms with Gasteiger partial charge in [-0.1, -0.05) is 41.5 Å². The van der Waals surface area contributed by atoms with Crippen molar-refractivity contribution >= 4 is 23.2 Å². The van der Waals surface area contributed by atoms with Crippen molar-refractivity contribution in [1.29, 1.82) is 0 Å². The van der Waals surface area contributed by atoms with Crippen molar-refractivity contribution < 1.29 is 19.1 Å². The predicted molar refractivity (Wildman–Crippen MR) is 146 cm³/mol. The van der Waals surface area contributed by atoms with E-state index in [2.05, 4.69) is 15.3 Å². The van der Waals surface area contributed by atoms with Crippen molar-refractivity contribution in [2.24, 2.45) is 10.5 Å². The van der Waals surface area contributed by atoms with Crippen LogP contribution >= 0.6 is 11.3 Å². The highest BCUT2D eigenvalue weighted by Crippen LogP contribution is 2.41. The van der Waals surface area contributed by atoms with E-state index in [4.69, 9.17) is 20.0 Å². The van der Waals surface area contributed by atoms with Gasteiger partial charge in [0.15, 0.2) is 0 Å². The number of aromatic nitrogens is 1. The number of hydrogen-bond acceptors (Lipinski definition) is 7. The summed E-state index contributed by atoms with van der Waals surface area (Å²) in [6.07, 6.45) is 0.977. The van der Waals surface area contributed by atoms with E-state index < -0.39 is 11.0 Å². The first kappa shape index (κ1) is 27.2. The topological polar surface area (TPSA) is 126 Å². The summed E-state index contributed by atoms with van der Waals surface area (Å²) in [5.74, 6) is 0.0775. The Labute approximate surface area is 225 Å². The molecule has 9 nitrogen and oxygen atoms in total. The summed E-state index contributed by atoms with van der Waals surface area (Å²) in [5, 5.41) is 9.18. The van der Waals surface area contributed by atoms with Crippen LogP contribution in [0.15, 0.2) is 59.0 Å². The molecule has 2 aromatic carbocycles. The van der Waals surface area contributed by atoms with E-state index >= 15 is 0 Å². The highest BCUT2D eigenvalue weighted by atomic mass is 32.1. The number of rotatable bonds is 10. The summed E-state index contributed by atoms with van der Waals surface area (Å²) in [7, 11) is 0. The molecule has 1 N–H and O–H groups in total. The number of ether oxygens (including phenoxy) is 2. The van der Waals surface area contributed by atoms with Crippen LogP contribution in [-0.4, -0.2) is 35.6 Å². The molecule has 0 aliphatic heterocycles. The number of nitrogens with one attached hydrogen (secondary N) is 1. The summed E-state index contributed by atoms with van der Waals surface area (Å²) in [5.41, 5.74) is 10.6. The predicted octanol–water partition coefficient (Wildman–Crippen LogP) is 5.63. The molecule has 3 aromatic rings. The second-order valence-electron chi connectivity index (χ2n) is 10.3. The van der Waals surface area contributed by atoms with E-state index in [1.807, 2.05) is 74.7 Å². The van der Waals surface area contributed by atoms with Gasteiger partial charge in [0, 0.05) is 15.9 Å². The number of para-hydroxylation sites is 1. The first-order valence-corrected chi connectivity index (χ1v) is 13.3. The summed E-state index contributed by atoms with van der Waals surface area (Å²) < 4.78 is 11.3. The van der Waals surface area contributed by atoms with E-state index in [9.17, 15) is 9.59 Å². The fraction of sp³-hybridized carbons (Fsp3) is 0.393. The summed E-state index contributed by atoms with van der Waals surface area (Å²) in [6.45, 7) is 6.21. The molecule has 198 valence electrons. The largest absolute Gasteiger partial charge is 0.493 e. The Kier molecular flexibility index (Phi) is 8.34. The van der Waals surface area contributed by atoms with Gasteiger partial charge >= 0.3 is 5.97 Å². The van der Waals surface area contributed by atoms with Crippen LogP contribution in [0, 0.1) is 5.41 Å². The lowest BCUT2D eigenvalue weighted by Crippen LogP contribution is -2.44. The molecule has 0 fully saturated rings. The molecule has 10 heteroatoms. The minimum absolute atomic E-state index is 0.00840. The number of amides is 1. The second-order valence-corrected chi connectivity index (χ2v) is 11.2. The lowest BCUT2D eigenvalue weighted by molar-refractivity contribution is -0.160. The lowest BCUT2D eigenvalue weighted by atomic mass is 9.80. The van der Waals surface area contributed by atoms with E-state index in [1.165, 1.54) is 11.3 Å². The summed E-state index contributed by atoms with van der Waals surface area (Å²) in [6, 6.07) is 15.4. The number of esters is 1. The number of benzene rings is 2. The van der Waals surface area contributed by atoms with Crippen molar-refractivity contribution in [3.63, 3.8) is 0 Å². The summed E-state index contributed by atoms with van der Waals surface area (Å²) >= 11 is 1.44. The van der Waals surface area contributed by atoms with Gasteiger partial charge in [0.05, 0.1) is 37.2 Å². The van der Waals surface area contributed by atoms with Gasteiger partial charge in [-0.05, 0) is 62.4 Å². The number of hydrogen-bond donors (Lipinski definition) is 1. The van der Waals surface area contributed by atoms with Crippen LogP contribution in [-0.2, 0) is 33.7 Å². The van der Waals surface area contributed by atoms with Crippen molar-refractivity contribution in [2.75, 3.05) is 13.2 Å². The third-order valence-electron chi connectivity index (χ3n) is 6.19. The molecule has 0 atom stereocenters. The molecule has 4 rings (SSSR count). The van der Waals surface area contributed by atoms with Crippen LogP contribution in [0.1, 0.15) is 43.3 Å². The fourth-order valence-electron chi connectivity index (χ4n) is 4.62. The maximum Gasteiger partial charge on any atom is 0.307 e. The van der Waals surface area contributed by atoms with Gasteiger partial charge in [-0.2, -0.15) is 0 Å². The Morgan fingerprint density at radius 3 is 2.50 bits per heavy atom. The smallest absolute Gasteiger partial charge is 0.307 e. The quantitative estimate of drug-likeness (QED) is 0.119. The number of nitrogens with zero attached hydrogens (tertiary/aromatic N) is 4. The second kappa shape index (κ2) is 11.7. The van der Waals surface area contributed by atoms with E-state index in [0.717, 1.165) is 27.4 Å². The Morgan fingerprint density at radius 2 is 1.82 bits per heavy atom. The zero-order valence-corrected chi connectivity index (χ0v) is 22.6. The van der Waals surface area contributed by atoms with Gasteiger partial charge in [0.1, 0.15) is 16.4 Å². The zero-order valence-electron chi connectivity index (χ0n) is 21.8. The molecule has 0 saturated heterocycles. The van der Waals surface area contributed by atoms with Crippen LogP contribution in [0.5, 0.6) is 5.75 Å². The van der Waals surface area contributed by atoms with Gasteiger partial charge in [0.25, 0.3) is 0 Å². The standard InChI is InChI=1S/C28H31N5O4S/c1-27(2,3)37-25(34)16-28(14-19-8-4-5-9-20(19)15-28)26(35)30-17-24-32-22(18-38-24)21-10-6-7-11-23(21)36-13-12-31-33-29/h4-11,18H,12-17H2,1-3H3,(H,30,35). The molecular formula is C28H31N5O4S. The van der Waals surface area contributed by atoms with Crippen LogP contribution in [0.2, 0.25) is 0 Å². The molecule has 0 unspecified atom stereocenters. The monoisotopic (exact) mass is 533 g/mol. The van der Waals surface area contributed by atoms with E-state index in [-0.39, 0.29) is 38.0 Å². The van der Waals surface area contributed by atoms with Crippen molar-refractivity contribution in [3.05, 3.63) is 80.5 Å². The minimum atomic E-state index is -0.904. The number of azide groups is 1. The Hall–Kier alpha value is -3.88. The van der Waals surface area contributed by atoms with Gasteiger partial charge in [-0.15, -0.1) is 11.3 Å². The Morgan fingerprint density at radius 1 is 1.13 bits per heavy atom. The third-order valence-corrected chi connectivity index (χ3v) is 7.04. The van der Waals surface area contributed by atoms with Crippen molar-refractivity contribution in [1.82, 2.24) is 10.3 Å². The highest BCUT2D eigenvalue weighted by molar-refractivity contribution is 7.09. The van der Waals surface area contributed by atoms with Gasteiger partial charge in [0.2, 0.25) is 5.91 Å². The Balaban J connectivity index is 1.46. The van der Waals surface area contributed by atoms with E-state index in [1.54, 1.807) is 0 Å². The lowest BCUT2D eigenvalue weighted by Gasteiger charge is -2.29. The van der Waals surface area contributed by atoms with Gasteiger partial charge < -0.3 is 14.8 Å². The van der Waals surface area contributed by atoms with Crippen LogP contribution < -0.4 is 10.1 Å². The molecular weight excluding hydrogens is 502 g/mol. The number of thiazole rings is 1. The minimum Gasteiger partial charge on any atom is -0.493 e. The average molecular weight is 534 g/mol. The first-order chi connectivity index (χ1) is 18.2. The first-order valence-electron chi connectivity index (χ1n) is 12.4. The van der Waals surface area contributed by atoms with Crippen LogP contribution in [0.3, 0.4) is 0 Å². The Bertz CT molecular complexity index is 1330. The molecule has 0 radical (unpaired) electrons. The van der Waals surface area contributed by atoms with Crippen LogP contribution in [0.25, 0.3) is 21.7 Å². The summed E-state index contributed by atoms with van der Waals surface area (Å²) in [4.78, 5) is 33.9. The third kappa shape index (κ3) is 6.70. The molecule has 38 heavy (non-hydrogen) atoms. The number of carbonyl (C=O) groups is 2. The maximum atomic E-state index is 13.6. The molecule has 1 aromatic heterocycles. The maximum absolute atomic E-state index is 13.6. The molecule has 0 bridgehead atoms. The number of carbonyl (C=O) groups excluding carboxylic acids is 2. The molecule has 1 aliphatic carbocycles. The van der Waals surface area contributed by atoms with Crippen molar-refractivity contribution in [3.8, 4) is 17.0 Å². The number of fused-ring (bicyclic) bond motifs is 1. The fourth-order valence-corrected chi connectivity index (χ4v) is 5.35. The molecule has 1 aliphatic rings. The molecule has 1 heterocycles. The zero-order chi connectivity index (χ0) is 27.2. The molecule has 0 spiro atoms. The normalized spacial score (nSPS) is 13.8. The van der Waals surface area contributed by atoms with Crippen molar-refractivity contribution in [2.45, 2.75) is 52.2 Å². The molecule has 1 amide bonds. The average Bonchev–Trinajstić information content (AvgIpc) is 3.49.